The Balaban J connectivity index is 1.77. The number of amides is 1. The second-order valence-electron chi connectivity index (χ2n) is 5.50. The second-order valence-corrected chi connectivity index (χ2v) is 5.50. The summed E-state index contributed by atoms with van der Waals surface area (Å²) in [7, 11) is 0. The standard InChI is InChI=1S/C13H25N3O/c1-11-10-16(12(2)9-14-11)13(17)5-8-15-6-3-4-7-15/h11-12,14H,3-10H2,1-2H3. The molecule has 0 saturated carbocycles. The van der Waals surface area contributed by atoms with Crippen molar-refractivity contribution < 1.29 is 4.79 Å². The molecule has 0 bridgehead atoms. The Morgan fingerprint density at radius 3 is 2.71 bits per heavy atom. The third kappa shape index (κ3) is 3.42. The molecule has 2 atom stereocenters. The van der Waals surface area contributed by atoms with Crippen molar-refractivity contribution in [2.75, 3.05) is 32.7 Å². The molecule has 4 nitrogen and oxygen atoms in total. The number of likely N-dealkylation sites (tertiary alicyclic amines) is 1. The van der Waals surface area contributed by atoms with Crippen molar-refractivity contribution in [3.63, 3.8) is 0 Å². The molecule has 1 amide bonds. The molecule has 0 radical (unpaired) electrons. The summed E-state index contributed by atoms with van der Waals surface area (Å²) in [5, 5.41) is 3.41. The number of carbonyl (C=O) groups excluding carboxylic acids is 1. The average molecular weight is 239 g/mol. The fourth-order valence-electron chi connectivity index (χ4n) is 2.77. The van der Waals surface area contributed by atoms with Gasteiger partial charge in [-0.05, 0) is 39.8 Å². The molecular formula is C13H25N3O. The van der Waals surface area contributed by atoms with Crippen molar-refractivity contribution in [1.29, 1.82) is 0 Å². The zero-order valence-electron chi connectivity index (χ0n) is 11.1. The molecule has 2 aliphatic rings. The largest absolute Gasteiger partial charge is 0.337 e. The Bertz CT molecular complexity index is 263. The van der Waals surface area contributed by atoms with Gasteiger partial charge in [-0.15, -0.1) is 0 Å². The van der Waals surface area contributed by atoms with Gasteiger partial charge < -0.3 is 15.1 Å². The number of nitrogens with one attached hydrogen (secondary N) is 1. The molecule has 2 saturated heterocycles. The minimum absolute atomic E-state index is 0.331. The zero-order chi connectivity index (χ0) is 12.3. The maximum atomic E-state index is 12.2. The third-order valence-electron chi connectivity index (χ3n) is 3.93. The Morgan fingerprint density at radius 1 is 1.29 bits per heavy atom. The van der Waals surface area contributed by atoms with Gasteiger partial charge in [0.05, 0.1) is 0 Å². The Hall–Kier alpha value is -0.610. The quantitative estimate of drug-likeness (QED) is 0.787. The summed E-state index contributed by atoms with van der Waals surface area (Å²) in [6.07, 6.45) is 3.29. The van der Waals surface area contributed by atoms with Crippen LogP contribution in [0.25, 0.3) is 0 Å². The van der Waals surface area contributed by atoms with Crippen molar-refractivity contribution >= 4 is 5.91 Å². The highest BCUT2D eigenvalue weighted by molar-refractivity contribution is 5.76. The minimum atomic E-state index is 0.331. The molecule has 0 aromatic rings. The molecule has 17 heavy (non-hydrogen) atoms. The van der Waals surface area contributed by atoms with Crippen LogP contribution >= 0.6 is 0 Å². The van der Waals surface area contributed by atoms with E-state index in [4.69, 9.17) is 0 Å². The van der Waals surface area contributed by atoms with E-state index in [1.54, 1.807) is 0 Å². The molecule has 0 aliphatic carbocycles. The summed E-state index contributed by atoms with van der Waals surface area (Å²) in [6, 6.07) is 0.777. The monoisotopic (exact) mass is 239 g/mol. The van der Waals surface area contributed by atoms with E-state index in [9.17, 15) is 4.79 Å². The predicted octanol–water partition coefficient (Wildman–Crippen LogP) is 0.681. The van der Waals surface area contributed by atoms with Crippen LogP contribution in [0, 0.1) is 0 Å². The van der Waals surface area contributed by atoms with E-state index < -0.39 is 0 Å². The maximum Gasteiger partial charge on any atom is 0.224 e. The van der Waals surface area contributed by atoms with Gasteiger partial charge >= 0.3 is 0 Å². The van der Waals surface area contributed by atoms with Crippen LogP contribution in [0.4, 0.5) is 0 Å². The van der Waals surface area contributed by atoms with Crippen LogP contribution in [0.3, 0.4) is 0 Å². The molecule has 1 N–H and O–H groups in total. The van der Waals surface area contributed by atoms with Crippen molar-refractivity contribution in [2.45, 2.75) is 45.2 Å². The van der Waals surface area contributed by atoms with Crippen molar-refractivity contribution in [2.24, 2.45) is 0 Å². The lowest BCUT2D eigenvalue weighted by Gasteiger charge is -2.37. The normalized spacial score (nSPS) is 30.8. The van der Waals surface area contributed by atoms with Crippen molar-refractivity contribution in [3.8, 4) is 0 Å². The van der Waals surface area contributed by atoms with Gasteiger partial charge in [0.15, 0.2) is 0 Å². The molecule has 2 aliphatic heterocycles. The fraction of sp³-hybridized carbons (Fsp3) is 0.923. The van der Waals surface area contributed by atoms with Crippen LogP contribution in [0.15, 0.2) is 0 Å². The van der Waals surface area contributed by atoms with E-state index in [1.165, 1.54) is 25.9 Å². The molecule has 98 valence electrons. The van der Waals surface area contributed by atoms with Gasteiger partial charge in [0.25, 0.3) is 0 Å². The lowest BCUT2D eigenvalue weighted by atomic mass is 10.1. The highest BCUT2D eigenvalue weighted by atomic mass is 16.2. The summed E-state index contributed by atoms with van der Waals surface area (Å²) in [6.45, 7) is 9.38. The van der Waals surface area contributed by atoms with E-state index >= 15 is 0 Å². The number of nitrogens with zero attached hydrogens (tertiary/aromatic N) is 2. The SMILES string of the molecule is CC1CN(C(=O)CCN2CCCC2)C(C)CN1. The number of hydrogen-bond acceptors (Lipinski definition) is 3. The molecule has 0 spiro atoms. The highest BCUT2D eigenvalue weighted by Crippen LogP contribution is 2.11. The summed E-state index contributed by atoms with van der Waals surface area (Å²) in [5.41, 5.74) is 0. The van der Waals surface area contributed by atoms with Crippen LogP contribution < -0.4 is 5.32 Å². The summed E-state index contributed by atoms with van der Waals surface area (Å²) in [4.78, 5) is 16.6. The van der Waals surface area contributed by atoms with Crippen molar-refractivity contribution in [3.05, 3.63) is 0 Å². The van der Waals surface area contributed by atoms with Crippen LogP contribution in [0.1, 0.15) is 33.1 Å². The molecule has 2 heterocycles. The van der Waals surface area contributed by atoms with E-state index in [1.807, 2.05) is 0 Å². The molecule has 2 unspecified atom stereocenters. The Kier molecular flexibility index (Phi) is 4.40. The summed E-state index contributed by atoms with van der Waals surface area (Å²) < 4.78 is 0. The van der Waals surface area contributed by atoms with Gasteiger partial charge in [0, 0.05) is 38.1 Å². The zero-order valence-corrected chi connectivity index (χ0v) is 11.1. The Labute approximate surface area is 104 Å². The second kappa shape index (κ2) is 5.83. The summed E-state index contributed by atoms with van der Waals surface area (Å²) in [5.74, 6) is 0.331. The predicted molar refractivity (Wildman–Crippen MR) is 68.9 cm³/mol. The molecular weight excluding hydrogens is 214 g/mol. The Morgan fingerprint density at radius 2 is 2.00 bits per heavy atom. The van der Waals surface area contributed by atoms with Gasteiger partial charge in [-0.2, -0.15) is 0 Å². The van der Waals surface area contributed by atoms with E-state index in [0.717, 1.165) is 19.6 Å². The first-order valence-corrected chi connectivity index (χ1v) is 6.92. The average Bonchev–Trinajstić information content (AvgIpc) is 2.82. The first kappa shape index (κ1) is 12.8. The first-order valence-electron chi connectivity index (χ1n) is 6.92. The van der Waals surface area contributed by atoms with Crippen LogP contribution in [0.5, 0.6) is 0 Å². The lowest BCUT2D eigenvalue weighted by Crippen LogP contribution is -2.56. The molecule has 0 aromatic carbocycles. The number of hydrogen-bond donors (Lipinski definition) is 1. The van der Waals surface area contributed by atoms with Gasteiger partial charge in [0.1, 0.15) is 0 Å². The highest BCUT2D eigenvalue weighted by Gasteiger charge is 2.26. The first-order chi connectivity index (χ1) is 8.16. The smallest absolute Gasteiger partial charge is 0.224 e. The van der Waals surface area contributed by atoms with Gasteiger partial charge in [-0.3, -0.25) is 4.79 Å². The molecule has 0 aromatic heterocycles. The molecule has 2 fully saturated rings. The van der Waals surface area contributed by atoms with Crippen LogP contribution in [-0.2, 0) is 4.79 Å². The molecule has 4 heteroatoms. The summed E-state index contributed by atoms with van der Waals surface area (Å²) >= 11 is 0. The van der Waals surface area contributed by atoms with E-state index in [-0.39, 0.29) is 0 Å². The van der Waals surface area contributed by atoms with Crippen LogP contribution in [0.2, 0.25) is 0 Å². The van der Waals surface area contributed by atoms with Crippen molar-refractivity contribution in [1.82, 2.24) is 15.1 Å². The maximum absolute atomic E-state index is 12.2. The fourth-order valence-corrected chi connectivity index (χ4v) is 2.77. The third-order valence-corrected chi connectivity index (χ3v) is 3.93. The van der Waals surface area contributed by atoms with Gasteiger partial charge in [-0.25, -0.2) is 0 Å². The minimum Gasteiger partial charge on any atom is -0.337 e. The number of carbonyl (C=O) groups is 1. The van der Waals surface area contributed by atoms with Gasteiger partial charge in [-0.1, -0.05) is 0 Å². The number of piperazine rings is 1. The van der Waals surface area contributed by atoms with E-state index in [2.05, 4.69) is 29.0 Å². The lowest BCUT2D eigenvalue weighted by molar-refractivity contribution is -0.134. The van der Waals surface area contributed by atoms with Gasteiger partial charge in [0.2, 0.25) is 5.91 Å². The topological polar surface area (TPSA) is 35.6 Å². The number of rotatable bonds is 3. The molecule has 2 rings (SSSR count). The van der Waals surface area contributed by atoms with Crippen LogP contribution in [-0.4, -0.2) is 60.5 Å². The van der Waals surface area contributed by atoms with E-state index in [0.29, 0.717) is 24.4 Å².